The number of hydrogen-bond acceptors (Lipinski definition) is 4. The van der Waals surface area contributed by atoms with E-state index in [0.717, 1.165) is 6.42 Å². The van der Waals surface area contributed by atoms with E-state index in [1.165, 1.54) is 25.1 Å². The minimum Gasteiger partial charge on any atom is -0.478 e. The van der Waals surface area contributed by atoms with Crippen molar-refractivity contribution in [2.45, 2.75) is 39.2 Å². The zero-order valence-corrected chi connectivity index (χ0v) is 11.4. The molecule has 1 aliphatic carbocycles. The van der Waals surface area contributed by atoms with Gasteiger partial charge in [0.15, 0.2) is 0 Å². The van der Waals surface area contributed by atoms with Crippen LogP contribution < -0.4 is 11.1 Å². The van der Waals surface area contributed by atoms with E-state index in [4.69, 9.17) is 10.8 Å². The predicted molar refractivity (Wildman–Crippen MR) is 75.2 cm³/mol. The van der Waals surface area contributed by atoms with Crippen molar-refractivity contribution in [3.63, 3.8) is 0 Å². The number of nitrogen functional groups attached to an aromatic ring is 1. The van der Waals surface area contributed by atoms with Gasteiger partial charge in [-0.3, -0.25) is 0 Å². The fraction of sp³-hybridized carbons (Fsp3) is 0.571. The van der Waals surface area contributed by atoms with Crippen molar-refractivity contribution in [3.05, 3.63) is 17.8 Å². The van der Waals surface area contributed by atoms with Gasteiger partial charge in [-0.15, -0.1) is 0 Å². The van der Waals surface area contributed by atoms with Crippen molar-refractivity contribution >= 4 is 17.5 Å². The van der Waals surface area contributed by atoms with Crippen molar-refractivity contribution in [1.29, 1.82) is 0 Å². The highest BCUT2D eigenvalue weighted by atomic mass is 16.4. The summed E-state index contributed by atoms with van der Waals surface area (Å²) in [5.74, 6) is 0.664. The van der Waals surface area contributed by atoms with E-state index in [0.29, 0.717) is 23.7 Å². The van der Waals surface area contributed by atoms with Gasteiger partial charge >= 0.3 is 5.97 Å². The number of aromatic nitrogens is 1. The first-order chi connectivity index (χ1) is 9.00. The number of aromatic carboxylic acids is 1. The third kappa shape index (κ3) is 2.80. The van der Waals surface area contributed by atoms with Crippen LogP contribution in [0.4, 0.5) is 11.5 Å². The van der Waals surface area contributed by atoms with E-state index >= 15 is 0 Å². The molecule has 1 saturated carbocycles. The molecule has 5 heteroatoms. The number of nitrogens with one attached hydrogen (secondary N) is 1. The van der Waals surface area contributed by atoms with Gasteiger partial charge < -0.3 is 16.2 Å². The first-order valence-corrected chi connectivity index (χ1v) is 6.75. The van der Waals surface area contributed by atoms with Crippen molar-refractivity contribution in [2.24, 2.45) is 11.8 Å². The maximum atomic E-state index is 11.0. The van der Waals surface area contributed by atoms with E-state index < -0.39 is 5.97 Å². The van der Waals surface area contributed by atoms with Gasteiger partial charge in [0.25, 0.3) is 0 Å². The number of carboxylic acid groups (broad SMARTS) is 1. The number of anilines is 2. The SMILES string of the molecule is CC1CCCC(Nc2nccc(C(=O)O)c2N)C1C. The van der Waals surface area contributed by atoms with Crippen LogP contribution in [-0.2, 0) is 0 Å². The van der Waals surface area contributed by atoms with Gasteiger partial charge in [-0.25, -0.2) is 9.78 Å². The largest absolute Gasteiger partial charge is 0.478 e. The molecule has 1 heterocycles. The monoisotopic (exact) mass is 263 g/mol. The average Bonchev–Trinajstić information content (AvgIpc) is 2.37. The minimum atomic E-state index is -1.02. The van der Waals surface area contributed by atoms with Gasteiger partial charge in [-0.1, -0.05) is 26.7 Å². The van der Waals surface area contributed by atoms with Crippen molar-refractivity contribution in [1.82, 2.24) is 4.98 Å². The van der Waals surface area contributed by atoms with Gasteiger partial charge in [-0.05, 0) is 24.3 Å². The number of rotatable bonds is 3. The van der Waals surface area contributed by atoms with E-state index in [2.05, 4.69) is 24.1 Å². The molecule has 1 aromatic heterocycles. The summed E-state index contributed by atoms with van der Waals surface area (Å²) in [5, 5.41) is 12.4. The van der Waals surface area contributed by atoms with E-state index in [9.17, 15) is 4.79 Å². The Labute approximate surface area is 113 Å². The molecule has 3 atom stereocenters. The molecule has 2 rings (SSSR count). The van der Waals surface area contributed by atoms with Crippen molar-refractivity contribution < 1.29 is 9.90 Å². The lowest BCUT2D eigenvalue weighted by Crippen LogP contribution is -2.35. The Morgan fingerprint density at radius 3 is 2.89 bits per heavy atom. The molecule has 0 bridgehead atoms. The molecule has 1 aliphatic rings. The highest BCUT2D eigenvalue weighted by Gasteiger charge is 2.28. The molecule has 19 heavy (non-hydrogen) atoms. The zero-order valence-electron chi connectivity index (χ0n) is 11.4. The summed E-state index contributed by atoms with van der Waals surface area (Å²) in [5.41, 5.74) is 6.20. The third-order valence-corrected chi connectivity index (χ3v) is 4.25. The standard InChI is InChI=1S/C14H21N3O2/c1-8-4-3-5-11(9(8)2)17-13-12(15)10(14(18)19)6-7-16-13/h6-9,11H,3-5,15H2,1-2H3,(H,16,17)(H,18,19). The highest BCUT2D eigenvalue weighted by molar-refractivity contribution is 5.96. The Bertz CT molecular complexity index is 476. The quantitative estimate of drug-likeness (QED) is 0.780. The molecule has 0 aromatic carbocycles. The summed E-state index contributed by atoms with van der Waals surface area (Å²) in [6, 6.07) is 1.73. The molecule has 1 fully saturated rings. The van der Waals surface area contributed by atoms with E-state index in [1.54, 1.807) is 0 Å². The molecular formula is C14H21N3O2. The molecule has 0 aliphatic heterocycles. The Hall–Kier alpha value is -1.78. The summed E-state index contributed by atoms with van der Waals surface area (Å²) < 4.78 is 0. The normalized spacial score (nSPS) is 26.9. The Kier molecular flexibility index (Phi) is 3.93. The highest BCUT2D eigenvalue weighted by Crippen LogP contribution is 2.32. The van der Waals surface area contributed by atoms with Crippen LogP contribution in [0.5, 0.6) is 0 Å². The number of nitrogens with two attached hydrogens (primary N) is 1. The molecule has 0 saturated heterocycles. The fourth-order valence-electron chi connectivity index (χ4n) is 2.74. The van der Waals surface area contributed by atoms with Crippen LogP contribution in [-0.4, -0.2) is 22.1 Å². The second-order valence-corrected chi connectivity index (χ2v) is 5.44. The maximum Gasteiger partial charge on any atom is 0.337 e. The van der Waals surface area contributed by atoms with Gasteiger partial charge in [0, 0.05) is 12.2 Å². The molecule has 5 nitrogen and oxygen atoms in total. The second kappa shape index (κ2) is 5.47. The Morgan fingerprint density at radius 1 is 1.47 bits per heavy atom. The van der Waals surface area contributed by atoms with Crippen LogP contribution in [0.3, 0.4) is 0 Å². The summed E-state index contributed by atoms with van der Waals surface area (Å²) in [6.07, 6.45) is 4.99. The number of carbonyl (C=O) groups is 1. The average molecular weight is 263 g/mol. The van der Waals surface area contributed by atoms with E-state index in [-0.39, 0.29) is 11.3 Å². The number of nitrogens with zero attached hydrogens (tertiary/aromatic N) is 1. The van der Waals surface area contributed by atoms with Crippen LogP contribution >= 0.6 is 0 Å². The van der Waals surface area contributed by atoms with Crippen LogP contribution in [0.15, 0.2) is 12.3 Å². The van der Waals surface area contributed by atoms with Crippen LogP contribution in [0.2, 0.25) is 0 Å². The van der Waals surface area contributed by atoms with Gasteiger partial charge in [0.1, 0.15) is 5.82 Å². The maximum absolute atomic E-state index is 11.0. The minimum absolute atomic E-state index is 0.106. The Morgan fingerprint density at radius 2 is 2.21 bits per heavy atom. The topological polar surface area (TPSA) is 88.2 Å². The van der Waals surface area contributed by atoms with Gasteiger partial charge in [0.05, 0.1) is 11.3 Å². The van der Waals surface area contributed by atoms with Gasteiger partial charge in [0.2, 0.25) is 0 Å². The summed E-state index contributed by atoms with van der Waals surface area (Å²) >= 11 is 0. The van der Waals surface area contributed by atoms with Crippen molar-refractivity contribution in [2.75, 3.05) is 11.1 Å². The van der Waals surface area contributed by atoms with Gasteiger partial charge in [-0.2, -0.15) is 0 Å². The lowest BCUT2D eigenvalue weighted by Gasteiger charge is -2.35. The lowest BCUT2D eigenvalue weighted by molar-refractivity contribution is 0.0698. The van der Waals surface area contributed by atoms with Crippen LogP contribution in [0.1, 0.15) is 43.5 Å². The first-order valence-electron chi connectivity index (χ1n) is 6.75. The smallest absolute Gasteiger partial charge is 0.337 e. The second-order valence-electron chi connectivity index (χ2n) is 5.44. The summed E-state index contributed by atoms with van der Waals surface area (Å²) in [6.45, 7) is 4.47. The molecule has 0 amide bonds. The molecule has 1 aromatic rings. The first kappa shape index (κ1) is 13.6. The Balaban J connectivity index is 2.19. The molecule has 104 valence electrons. The summed E-state index contributed by atoms with van der Waals surface area (Å²) in [4.78, 5) is 15.2. The van der Waals surface area contributed by atoms with Crippen molar-refractivity contribution in [3.8, 4) is 0 Å². The number of pyridine rings is 1. The predicted octanol–water partition coefficient (Wildman–Crippen LogP) is 2.60. The molecule has 0 spiro atoms. The molecule has 4 N–H and O–H groups in total. The molecule has 3 unspecified atom stereocenters. The fourth-order valence-corrected chi connectivity index (χ4v) is 2.74. The van der Waals surface area contributed by atoms with E-state index in [1.807, 2.05) is 0 Å². The van der Waals surface area contributed by atoms with Crippen LogP contribution in [0, 0.1) is 11.8 Å². The zero-order chi connectivity index (χ0) is 14.0. The molecular weight excluding hydrogens is 242 g/mol. The van der Waals surface area contributed by atoms with Crippen LogP contribution in [0.25, 0.3) is 0 Å². The lowest BCUT2D eigenvalue weighted by atomic mass is 9.78. The number of carboxylic acids is 1. The third-order valence-electron chi connectivity index (χ3n) is 4.25. The summed E-state index contributed by atoms with van der Waals surface area (Å²) in [7, 11) is 0. The number of hydrogen-bond donors (Lipinski definition) is 3. The molecule has 0 radical (unpaired) electrons.